The van der Waals surface area contributed by atoms with Gasteiger partial charge in [-0.3, -0.25) is 0 Å². The van der Waals surface area contributed by atoms with Crippen molar-refractivity contribution in [2.24, 2.45) is 5.92 Å². The van der Waals surface area contributed by atoms with Gasteiger partial charge in [0.25, 0.3) is 0 Å². The van der Waals surface area contributed by atoms with Gasteiger partial charge >= 0.3 is 0 Å². The molecule has 0 saturated carbocycles. The quantitative estimate of drug-likeness (QED) is 0.745. The zero-order chi connectivity index (χ0) is 14.5. The van der Waals surface area contributed by atoms with E-state index in [0.29, 0.717) is 5.92 Å². The normalized spacial score (nSPS) is 13.8. The van der Waals surface area contributed by atoms with Gasteiger partial charge < -0.3 is 5.32 Å². The molecule has 0 fully saturated rings. The topological polar surface area (TPSA) is 12.0 Å². The van der Waals surface area contributed by atoms with Gasteiger partial charge in [0.2, 0.25) is 0 Å². The van der Waals surface area contributed by atoms with E-state index in [2.05, 4.69) is 71.1 Å². The van der Waals surface area contributed by atoms with Crippen molar-refractivity contribution in [1.82, 2.24) is 5.32 Å². The summed E-state index contributed by atoms with van der Waals surface area (Å²) in [5, 5.41) is 3.65. The molecule has 0 aliphatic heterocycles. The lowest BCUT2D eigenvalue weighted by Crippen LogP contribution is -2.40. The third-order valence-corrected chi connectivity index (χ3v) is 3.96. The smallest absolute Gasteiger partial charge is 0.0122 e. The Balaban J connectivity index is 2.55. The molecule has 0 heterocycles. The Kier molecular flexibility index (Phi) is 6.06. The average Bonchev–Trinajstić information content (AvgIpc) is 2.36. The minimum Gasteiger partial charge on any atom is -0.311 e. The van der Waals surface area contributed by atoms with Crippen LogP contribution in [0.5, 0.6) is 0 Å². The van der Waals surface area contributed by atoms with Crippen LogP contribution in [0.3, 0.4) is 0 Å². The van der Waals surface area contributed by atoms with Gasteiger partial charge in [-0.1, -0.05) is 52.0 Å². The standard InChI is InChI=1S/C18H31N/c1-7-18(5,6)19-13-15(4)17-10-8-16(9-11-17)12-14(2)3/h8-11,14-15,19H,7,12-13H2,1-6H3. The summed E-state index contributed by atoms with van der Waals surface area (Å²) in [4.78, 5) is 0. The summed E-state index contributed by atoms with van der Waals surface area (Å²) in [5.74, 6) is 1.30. The van der Waals surface area contributed by atoms with Gasteiger partial charge in [0, 0.05) is 12.1 Å². The lowest BCUT2D eigenvalue weighted by Gasteiger charge is -2.27. The van der Waals surface area contributed by atoms with E-state index < -0.39 is 0 Å². The third kappa shape index (κ3) is 5.78. The molecule has 1 nitrogen and oxygen atoms in total. The number of benzene rings is 1. The van der Waals surface area contributed by atoms with E-state index >= 15 is 0 Å². The minimum atomic E-state index is 0.242. The van der Waals surface area contributed by atoms with Gasteiger partial charge in [0.05, 0.1) is 0 Å². The van der Waals surface area contributed by atoms with Crippen molar-refractivity contribution in [2.75, 3.05) is 6.54 Å². The van der Waals surface area contributed by atoms with E-state index in [0.717, 1.165) is 18.9 Å². The summed E-state index contributed by atoms with van der Waals surface area (Å²) in [5.41, 5.74) is 3.13. The van der Waals surface area contributed by atoms with Crippen LogP contribution in [0.1, 0.15) is 65.0 Å². The molecule has 1 aromatic rings. The molecule has 1 atom stereocenters. The van der Waals surface area contributed by atoms with Gasteiger partial charge in [0.1, 0.15) is 0 Å². The first-order valence-corrected chi connectivity index (χ1v) is 7.68. The van der Waals surface area contributed by atoms with Crippen LogP contribution in [0, 0.1) is 5.92 Å². The van der Waals surface area contributed by atoms with Crippen LogP contribution in [-0.4, -0.2) is 12.1 Å². The maximum Gasteiger partial charge on any atom is 0.0122 e. The van der Waals surface area contributed by atoms with Gasteiger partial charge in [-0.25, -0.2) is 0 Å². The second kappa shape index (κ2) is 7.09. The lowest BCUT2D eigenvalue weighted by atomic mass is 9.95. The summed E-state index contributed by atoms with van der Waals surface area (Å²) in [6.45, 7) is 14.7. The Morgan fingerprint density at radius 3 is 2.11 bits per heavy atom. The van der Waals surface area contributed by atoms with Gasteiger partial charge in [-0.15, -0.1) is 0 Å². The SMILES string of the molecule is CCC(C)(C)NCC(C)c1ccc(CC(C)C)cc1. The summed E-state index contributed by atoms with van der Waals surface area (Å²) in [6.07, 6.45) is 2.34. The summed E-state index contributed by atoms with van der Waals surface area (Å²) < 4.78 is 0. The number of rotatable bonds is 7. The lowest BCUT2D eigenvalue weighted by molar-refractivity contribution is 0.367. The van der Waals surface area contributed by atoms with Crippen molar-refractivity contribution < 1.29 is 0 Å². The molecule has 1 heteroatoms. The van der Waals surface area contributed by atoms with E-state index in [-0.39, 0.29) is 5.54 Å². The zero-order valence-electron chi connectivity index (χ0n) is 13.6. The highest BCUT2D eigenvalue weighted by Crippen LogP contribution is 2.18. The largest absolute Gasteiger partial charge is 0.311 e. The molecular formula is C18H31N. The van der Waals surface area contributed by atoms with Crippen LogP contribution in [0.2, 0.25) is 0 Å². The number of hydrogen-bond acceptors (Lipinski definition) is 1. The maximum absolute atomic E-state index is 3.65. The number of nitrogens with one attached hydrogen (secondary N) is 1. The molecule has 0 saturated heterocycles. The Morgan fingerprint density at radius 1 is 1.05 bits per heavy atom. The van der Waals surface area contributed by atoms with Gasteiger partial charge in [0.15, 0.2) is 0 Å². The van der Waals surface area contributed by atoms with Crippen molar-refractivity contribution in [3.8, 4) is 0 Å². The van der Waals surface area contributed by atoms with Crippen molar-refractivity contribution in [1.29, 1.82) is 0 Å². The van der Waals surface area contributed by atoms with E-state index in [1.165, 1.54) is 17.5 Å². The molecule has 0 aromatic heterocycles. The molecule has 1 N–H and O–H groups in total. The minimum absolute atomic E-state index is 0.242. The maximum atomic E-state index is 3.65. The Bertz CT molecular complexity index is 362. The fourth-order valence-corrected chi connectivity index (χ4v) is 2.13. The highest BCUT2D eigenvalue weighted by atomic mass is 14.9. The molecule has 19 heavy (non-hydrogen) atoms. The molecule has 1 unspecified atom stereocenters. The fraction of sp³-hybridized carbons (Fsp3) is 0.667. The van der Waals surface area contributed by atoms with Crippen LogP contribution < -0.4 is 5.32 Å². The molecular weight excluding hydrogens is 230 g/mol. The van der Waals surface area contributed by atoms with Gasteiger partial charge in [-0.05, 0) is 49.7 Å². The van der Waals surface area contributed by atoms with Gasteiger partial charge in [-0.2, -0.15) is 0 Å². The van der Waals surface area contributed by atoms with Crippen LogP contribution in [0.4, 0.5) is 0 Å². The van der Waals surface area contributed by atoms with Crippen molar-refractivity contribution in [3.63, 3.8) is 0 Å². The summed E-state index contributed by atoms with van der Waals surface area (Å²) in [7, 11) is 0. The highest BCUT2D eigenvalue weighted by Gasteiger charge is 2.15. The van der Waals surface area contributed by atoms with E-state index in [1.54, 1.807) is 0 Å². The predicted octanol–water partition coefficient (Wildman–Crippen LogP) is 4.77. The third-order valence-electron chi connectivity index (χ3n) is 3.96. The molecule has 0 aliphatic rings. The zero-order valence-corrected chi connectivity index (χ0v) is 13.6. The Morgan fingerprint density at radius 2 is 1.63 bits per heavy atom. The highest BCUT2D eigenvalue weighted by molar-refractivity contribution is 5.25. The Hall–Kier alpha value is -0.820. The second-order valence-corrected chi connectivity index (χ2v) is 6.86. The second-order valence-electron chi connectivity index (χ2n) is 6.86. The van der Waals surface area contributed by atoms with E-state index in [9.17, 15) is 0 Å². The first-order valence-electron chi connectivity index (χ1n) is 7.68. The van der Waals surface area contributed by atoms with E-state index in [1.807, 2.05) is 0 Å². The van der Waals surface area contributed by atoms with Crippen LogP contribution >= 0.6 is 0 Å². The molecule has 0 aliphatic carbocycles. The first kappa shape index (κ1) is 16.2. The summed E-state index contributed by atoms with van der Waals surface area (Å²) >= 11 is 0. The monoisotopic (exact) mass is 261 g/mol. The predicted molar refractivity (Wildman–Crippen MR) is 85.8 cm³/mol. The van der Waals surface area contributed by atoms with Crippen molar-refractivity contribution >= 4 is 0 Å². The number of hydrogen-bond donors (Lipinski definition) is 1. The fourth-order valence-electron chi connectivity index (χ4n) is 2.13. The van der Waals surface area contributed by atoms with E-state index in [4.69, 9.17) is 0 Å². The molecule has 0 bridgehead atoms. The van der Waals surface area contributed by atoms with Crippen molar-refractivity contribution in [3.05, 3.63) is 35.4 Å². The molecule has 1 rings (SSSR count). The van der Waals surface area contributed by atoms with Crippen LogP contribution in [0.25, 0.3) is 0 Å². The summed E-state index contributed by atoms with van der Waals surface area (Å²) in [6, 6.07) is 9.17. The van der Waals surface area contributed by atoms with Crippen LogP contribution in [0.15, 0.2) is 24.3 Å². The molecule has 0 spiro atoms. The Labute approximate surface area is 119 Å². The molecule has 0 amide bonds. The first-order chi connectivity index (χ1) is 8.84. The van der Waals surface area contributed by atoms with Crippen molar-refractivity contribution in [2.45, 2.75) is 65.8 Å². The molecule has 0 radical (unpaired) electrons. The average molecular weight is 261 g/mol. The molecule has 1 aromatic carbocycles. The molecule has 108 valence electrons. The van der Waals surface area contributed by atoms with Crippen LogP contribution in [-0.2, 0) is 6.42 Å².